The lowest BCUT2D eigenvalue weighted by atomic mass is 9.97. The fourth-order valence-electron chi connectivity index (χ4n) is 3.34. The Hall–Kier alpha value is -3.15. The van der Waals surface area contributed by atoms with Crippen molar-refractivity contribution >= 4 is 22.8 Å². The quantitative estimate of drug-likeness (QED) is 0.773. The van der Waals surface area contributed by atoms with Crippen molar-refractivity contribution in [3.8, 4) is 5.69 Å². The van der Waals surface area contributed by atoms with E-state index in [1.807, 2.05) is 41.0 Å². The molecule has 0 bridgehead atoms. The molecule has 3 aromatic rings. The maximum Gasteiger partial charge on any atom is 0.254 e. The molecule has 1 aliphatic rings. The van der Waals surface area contributed by atoms with Crippen LogP contribution in [0.2, 0.25) is 0 Å². The standard InChI is InChI=1S/C20H20N4O2/c1-20(2)19(26)21-11-12-24(20)18(25)14-7-9-15(10-8-14)23-13-22-16-5-3-4-6-17(16)23/h3-10,13H,11-12H2,1-2H3,(H,21,26). The molecule has 6 heteroatoms. The van der Waals surface area contributed by atoms with E-state index in [2.05, 4.69) is 10.3 Å². The van der Waals surface area contributed by atoms with Gasteiger partial charge in [-0.25, -0.2) is 4.98 Å². The molecule has 26 heavy (non-hydrogen) atoms. The summed E-state index contributed by atoms with van der Waals surface area (Å²) in [4.78, 5) is 31.0. The van der Waals surface area contributed by atoms with Crippen molar-refractivity contribution in [1.29, 1.82) is 0 Å². The van der Waals surface area contributed by atoms with Gasteiger partial charge in [0.2, 0.25) is 5.91 Å². The van der Waals surface area contributed by atoms with Crippen molar-refractivity contribution in [3.05, 3.63) is 60.4 Å². The molecule has 0 atom stereocenters. The second-order valence-corrected chi connectivity index (χ2v) is 6.92. The van der Waals surface area contributed by atoms with Gasteiger partial charge in [-0.3, -0.25) is 14.2 Å². The molecule has 132 valence electrons. The van der Waals surface area contributed by atoms with Crippen molar-refractivity contribution < 1.29 is 9.59 Å². The number of amides is 2. The number of nitrogens with zero attached hydrogens (tertiary/aromatic N) is 3. The van der Waals surface area contributed by atoms with E-state index in [1.165, 1.54) is 0 Å². The van der Waals surface area contributed by atoms with Crippen molar-refractivity contribution in [2.75, 3.05) is 13.1 Å². The number of benzene rings is 2. The Morgan fingerprint density at radius 1 is 1.12 bits per heavy atom. The van der Waals surface area contributed by atoms with E-state index in [1.54, 1.807) is 37.2 Å². The van der Waals surface area contributed by atoms with Gasteiger partial charge in [-0.15, -0.1) is 0 Å². The molecule has 6 nitrogen and oxygen atoms in total. The second kappa shape index (κ2) is 5.98. The number of hydrogen-bond donors (Lipinski definition) is 1. The van der Waals surface area contributed by atoms with E-state index in [0.717, 1.165) is 16.7 Å². The van der Waals surface area contributed by atoms with Gasteiger partial charge in [0, 0.05) is 24.3 Å². The van der Waals surface area contributed by atoms with Crippen LogP contribution in [0.25, 0.3) is 16.7 Å². The first-order valence-electron chi connectivity index (χ1n) is 8.61. The fourth-order valence-corrected chi connectivity index (χ4v) is 3.34. The van der Waals surface area contributed by atoms with Gasteiger partial charge >= 0.3 is 0 Å². The van der Waals surface area contributed by atoms with Crippen molar-refractivity contribution in [2.45, 2.75) is 19.4 Å². The van der Waals surface area contributed by atoms with E-state index in [9.17, 15) is 9.59 Å². The maximum absolute atomic E-state index is 12.9. The Labute approximate surface area is 151 Å². The zero-order chi connectivity index (χ0) is 18.3. The van der Waals surface area contributed by atoms with Crippen LogP contribution in [0.5, 0.6) is 0 Å². The number of imidazole rings is 1. The van der Waals surface area contributed by atoms with Gasteiger partial charge in [0.25, 0.3) is 5.91 Å². The molecule has 0 aliphatic carbocycles. The number of carbonyl (C=O) groups is 2. The van der Waals surface area contributed by atoms with Crippen LogP contribution in [0.3, 0.4) is 0 Å². The molecule has 2 aromatic carbocycles. The first kappa shape index (κ1) is 16.3. The Kier molecular flexibility index (Phi) is 3.76. The number of aromatic nitrogens is 2. The van der Waals surface area contributed by atoms with E-state index >= 15 is 0 Å². The molecule has 0 unspecified atom stereocenters. The predicted molar refractivity (Wildman–Crippen MR) is 99.2 cm³/mol. The molecule has 1 aliphatic heterocycles. The lowest BCUT2D eigenvalue weighted by Crippen LogP contribution is -2.63. The van der Waals surface area contributed by atoms with Crippen LogP contribution in [0, 0.1) is 0 Å². The third kappa shape index (κ3) is 2.54. The lowest BCUT2D eigenvalue weighted by molar-refractivity contribution is -0.133. The van der Waals surface area contributed by atoms with Crippen LogP contribution in [0.15, 0.2) is 54.9 Å². The Morgan fingerprint density at radius 3 is 2.62 bits per heavy atom. The summed E-state index contributed by atoms with van der Waals surface area (Å²) in [6, 6.07) is 15.3. The number of para-hydroxylation sites is 2. The third-order valence-corrected chi connectivity index (χ3v) is 4.94. The largest absolute Gasteiger partial charge is 0.352 e. The van der Waals surface area contributed by atoms with Crippen LogP contribution in [0.4, 0.5) is 0 Å². The summed E-state index contributed by atoms with van der Waals surface area (Å²) < 4.78 is 1.99. The van der Waals surface area contributed by atoms with Crippen molar-refractivity contribution in [2.24, 2.45) is 0 Å². The number of rotatable bonds is 2. The summed E-state index contributed by atoms with van der Waals surface area (Å²) in [5, 5.41) is 2.81. The number of nitrogens with one attached hydrogen (secondary N) is 1. The average Bonchev–Trinajstić information content (AvgIpc) is 3.08. The predicted octanol–water partition coefficient (Wildman–Crippen LogP) is 2.38. The van der Waals surface area contributed by atoms with Gasteiger partial charge in [-0.1, -0.05) is 12.1 Å². The van der Waals surface area contributed by atoms with Crippen LogP contribution < -0.4 is 5.32 Å². The molecule has 4 rings (SSSR count). The highest BCUT2D eigenvalue weighted by Crippen LogP contribution is 2.22. The minimum atomic E-state index is -0.853. The highest BCUT2D eigenvalue weighted by Gasteiger charge is 2.40. The molecule has 0 radical (unpaired) electrons. The first-order chi connectivity index (χ1) is 12.5. The highest BCUT2D eigenvalue weighted by molar-refractivity contribution is 5.99. The van der Waals surface area contributed by atoms with Gasteiger partial charge in [-0.2, -0.15) is 0 Å². The molecule has 2 amide bonds. The summed E-state index contributed by atoms with van der Waals surface area (Å²) >= 11 is 0. The summed E-state index contributed by atoms with van der Waals surface area (Å²) in [5.41, 5.74) is 2.59. The van der Waals surface area contributed by atoms with E-state index in [4.69, 9.17) is 0 Å². The Balaban J connectivity index is 1.64. The van der Waals surface area contributed by atoms with Gasteiger partial charge in [0.1, 0.15) is 11.9 Å². The minimum Gasteiger partial charge on any atom is -0.352 e. The molecule has 0 saturated carbocycles. The average molecular weight is 348 g/mol. The topological polar surface area (TPSA) is 67.2 Å². The molecular formula is C20H20N4O2. The van der Waals surface area contributed by atoms with Crippen LogP contribution in [-0.2, 0) is 4.79 Å². The number of fused-ring (bicyclic) bond motifs is 1. The molecule has 2 heterocycles. The van der Waals surface area contributed by atoms with E-state index in [0.29, 0.717) is 18.7 Å². The first-order valence-corrected chi connectivity index (χ1v) is 8.61. The summed E-state index contributed by atoms with van der Waals surface area (Å²) in [7, 11) is 0. The lowest BCUT2D eigenvalue weighted by Gasteiger charge is -2.41. The number of piperazine rings is 1. The monoisotopic (exact) mass is 348 g/mol. The van der Waals surface area contributed by atoms with E-state index < -0.39 is 5.54 Å². The smallest absolute Gasteiger partial charge is 0.254 e. The Bertz CT molecular complexity index is 988. The van der Waals surface area contributed by atoms with E-state index in [-0.39, 0.29) is 11.8 Å². The maximum atomic E-state index is 12.9. The van der Waals surface area contributed by atoms with Crippen molar-refractivity contribution in [1.82, 2.24) is 19.8 Å². The Morgan fingerprint density at radius 2 is 1.85 bits per heavy atom. The molecular weight excluding hydrogens is 328 g/mol. The molecule has 1 N–H and O–H groups in total. The van der Waals surface area contributed by atoms with Crippen molar-refractivity contribution in [3.63, 3.8) is 0 Å². The minimum absolute atomic E-state index is 0.126. The fraction of sp³-hybridized carbons (Fsp3) is 0.250. The number of carbonyl (C=O) groups excluding carboxylic acids is 2. The number of hydrogen-bond acceptors (Lipinski definition) is 3. The SMILES string of the molecule is CC1(C)C(=O)NCCN1C(=O)c1ccc(-n2cnc3ccccc32)cc1. The highest BCUT2D eigenvalue weighted by atomic mass is 16.2. The van der Waals surface area contributed by atoms with Crippen LogP contribution in [0.1, 0.15) is 24.2 Å². The van der Waals surface area contributed by atoms with Crippen LogP contribution >= 0.6 is 0 Å². The van der Waals surface area contributed by atoms with Gasteiger partial charge in [0.15, 0.2) is 0 Å². The second-order valence-electron chi connectivity index (χ2n) is 6.92. The van der Waals surface area contributed by atoms with Gasteiger partial charge < -0.3 is 10.2 Å². The summed E-state index contributed by atoms with van der Waals surface area (Å²) in [6.07, 6.45) is 1.78. The molecule has 0 spiro atoms. The van der Waals surface area contributed by atoms with Gasteiger partial charge in [-0.05, 0) is 50.2 Å². The van der Waals surface area contributed by atoms with Crippen LogP contribution in [-0.4, -0.2) is 44.9 Å². The summed E-state index contributed by atoms with van der Waals surface area (Å²) in [5.74, 6) is -0.259. The zero-order valence-corrected chi connectivity index (χ0v) is 14.8. The molecule has 1 saturated heterocycles. The zero-order valence-electron chi connectivity index (χ0n) is 14.8. The third-order valence-electron chi connectivity index (χ3n) is 4.94. The summed E-state index contributed by atoms with van der Waals surface area (Å²) in [6.45, 7) is 4.52. The molecule has 1 fully saturated rings. The van der Waals surface area contributed by atoms with Gasteiger partial charge in [0.05, 0.1) is 11.0 Å². The molecule has 1 aromatic heterocycles. The normalized spacial score (nSPS) is 16.5.